The van der Waals surface area contributed by atoms with E-state index in [1.807, 2.05) is 18.2 Å². The summed E-state index contributed by atoms with van der Waals surface area (Å²) in [5.41, 5.74) is 6.89. The number of carbonyl (C=O) groups excluding carboxylic acids is 1. The first kappa shape index (κ1) is 16.9. The maximum absolute atomic E-state index is 12.8. The monoisotopic (exact) mass is 365 g/mol. The molecule has 1 amide bonds. The molecular formula is C16H23N5O3S. The first-order valence-electron chi connectivity index (χ1n) is 8.67. The SMILES string of the molecule is O=C(C1CCNN1)N1CCN(Cc2ccccn2)[C@@H]2CS(=O)(=O)C[C@@H]21. The van der Waals surface area contributed by atoms with Crippen molar-refractivity contribution in [2.75, 3.05) is 31.1 Å². The average Bonchev–Trinajstić information content (AvgIpc) is 3.22. The molecule has 0 aliphatic carbocycles. The second kappa shape index (κ2) is 6.64. The van der Waals surface area contributed by atoms with Gasteiger partial charge in [-0.05, 0) is 18.6 Å². The third-order valence-corrected chi connectivity index (χ3v) is 7.00. The fourth-order valence-corrected chi connectivity index (χ4v) is 6.08. The van der Waals surface area contributed by atoms with Crippen molar-refractivity contribution >= 4 is 15.7 Å². The molecule has 3 atom stereocenters. The molecule has 4 rings (SSSR count). The quantitative estimate of drug-likeness (QED) is 0.692. The number of sulfone groups is 1. The number of amides is 1. The molecule has 0 aromatic carbocycles. The Bertz CT molecular complexity index is 735. The Kier molecular flexibility index (Phi) is 4.48. The van der Waals surface area contributed by atoms with Crippen LogP contribution in [0.5, 0.6) is 0 Å². The third kappa shape index (κ3) is 3.41. The van der Waals surface area contributed by atoms with Crippen molar-refractivity contribution in [2.45, 2.75) is 31.1 Å². The van der Waals surface area contributed by atoms with Crippen LogP contribution in [-0.2, 0) is 21.2 Å². The lowest BCUT2D eigenvalue weighted by Crippen LogP contribution is -2.62. The highest BCUT2D eigenvalue weighted by Gasteiger charge is 2.49. The van der Waals surface area contributed by atoms with Gasteiger partial charge in [-0.2, -0.15) is 0 Å². The second-order valence-corrected chi connectivity index (χ2v) is 9.10. The molecule has 9 heteroatoms. The van der Waals surface area contributed by atoms with Crippen molar-refractivity contribution in [3.05, 3.63) is 30.1 Å². The van der Waals surface area contributed by atoms with Gasteiger partial charge in [-0.25, -0.2) is 13.8 Å². The Hall–Kier alpha value is -1.55. The van der Waals surface area contributed by atoms with E-state index < -0.39 is 9.84 Å². The molecule has 3 fully saturated rings. The lowest BCUT2D eigenvalue weighted by Gasteiger charge is -2.44. The summed E-state index contributed by atoms with van der Waals surface area (Å²) in [6.45, 7) is 2.59. The number of nitrogens with zero attached hydrogens (tertiary/aromatic N) is 3. The number of rotatable bonds is 3. The molecule has 1 aromatic heterocycles. The molecule has 1 aromatic rings. The zero-order chi connectivity index (χ0) is 17.4. The van der Waals surface area contributed by atoms with Gasteiger partial charge < -0.3 is 4.90 Å². The van der Waals surface area contributed by atoms with E-state index in [9.17, 15) is 13.2 Å². The van der Waals surface area contributed by atoms with E-state index in [0.29, 0.717) is 19.6 Å². The first-order valence-corrected chi connectivity index (χ1v) is 10.5. The van der Waals surface area contributed by atoms with Gasteiger partial charge in [0, 0.05) is 38.4 Å². The predicted octanol–water partition coefficient (Wildman–Crippen LogP) is -1.24. The van der Waals surface area contributed by atoms with E-state index in [0.717, 1.165) is 18.7 Å². The minimum Gasteiger partial charge on any atom is -0.334 e. The predicted molar refractivity (Wildman–Crippen MR) is 92.1 cm³/mol. The van der Waals surface area contributed by atoms with Crippen LogP contribution in [0.3, 0.4) is 0 Å². The molecule has 0 bridgehead atoms. The summed E-state index contributed by atoms with van der Waals surface area (Å²) in [6, 6.07) is 5.07. The lowest BCUT2D eigenvalue weighted by atomic mass is 10.0. The van der Waals surface area contributed by atoms with Gasteiger partial charge >= 0.3 is 0 Å². The van der Waals surface area contributed by atoms with Gasteiger partial charge in [-0.3, -0.25) is 20.1 Å². The molecule has 136 valence electrons. The molecule has 0 spiro atoms. The Balaban J connectivity index is 1.54. The largest absolute Gasteiger partial charge is 0.334 e. The smallest absolute Gasteiger partial charge is 0.241 e. The van der Waals surface area contributed by atoms with Crippen LogP contribution < -0.4 is 10.9 Å². The minimum absolute atomic E-state index is 0.00888. The highest BCUT2D eigenvalue weighted by molar-refractivity contribution is 7.91. The van der Waals surface area contributed by atoms with Gasteiger partial charge in [0.05, 0.1) is 23.2 Å². The summed E-state index contributed by atoms with van der Waals surface area (Å²) >= 11 is 0. The Morgan fingerprint density at radius 2 is 2.08 bits per heavy atom. The van der Waals surface area contributed by atoms with Gasteiger partial charge in [0.25, 0.3) is 0 Å². The number of pyridine rings is 1. The summed E-state index contributed by atoms with van der Waals surface area (Å²) in [6.07, 6.45) is 2.48. The standard InChI is InChI=1S/C16H23N5O3S/c22-16(13-4-6-18-19-13)21-8-7-20(9-12-3-1-2-5-17-12)14-10-25(23,24)11-15(14)21/h1-3,5,13-15,18-19H,4,6-11H2/t13?,14-,15+/m1/s1. The van der Waals surface area contributed by atoms with Gasteiger partial charge in [0.15, 0.2) is 9.84 Å². The summed E-state index contributed by atoms with van der Waals surface area (Å²) in [7, 11) is -3.14. The molecule has 0 radical (unpaired) electrons. The average molecular weight is 365 g/mol. The van der Waals surface area contributed by atoms with Crippen molar-refractivity contribution in [1.82, 2.24) is 25.6 Å². The van der Waals surface area contributed by atoms with Gasteiger partial charge in [0.1, 0.15) is 6.04 Å². The van der Waals surface area contributed by atoms with Gasteiger partial charge in [0.2, 0.25) is 5.91 Å². The molecule has 2 N–H and O–H groups in total. The zero-order valence-corrected chi connectivity index (χ0v) is 14.8. The Morgan fingerprint density at radius 3 is 2.80 bits per heavy atom. The van der Waals surface area contributed by atoms with Crippen LogP contribution in [0.15, 0.2) is 24.4 Å². The number of hydrogen-bond acceptors (Lipinski definition) is 7. The van der Waals surface area contributed by atoms with Crippen molar-refractivity contribution < 1.29 is 13.2 Å². The zero-order valence-electron chi connectivity index (χ0n) is 14.0. The minimum atomic E-state index is -3.14. The van der Waals surface area contributed by atoms with Crippen LogP contribution >= 0.6 is 0 Å². The summed E-state index contributed by atoms with van der Waals surface area (Å²) < 4.78 is 24.6. The van der Waals surface area contributed by atoms with Crippen molar-refractivity contribution in [1.29, 1.82) is 0 Å². The number of hydrazine groups is 1. The molecule has 8 nitrogen and oxygen atoms in total. The number of carbonyl (C=O) groups is 1. The number of fused-ring (bicyclic) bond motifs is 1. The van der Waals surface area contributed by atoms with Gasteiger partial charge in [-0.1, -0.05) is 6.07 Å². The Labute approximate surface area is 147 Å². The number of hydrogen-bond donors (Lipinski definition) is 2. The van der Waals surface area contributed by atoms with E-state index in [1.165, 1.54) is 0 Å². The maximum Gasteiger partial charge on any atom is 0.241 e. The molecule has 3 saturated heterocycles. The molecule has 25 heavy (non-hydrogen) atoms. The lowest BCUT2D eigenvalue weighted by molar-refractivity contribution is -0.139. The van der Waals surface area contributed by atoms with Crippen LogP contribution in [-0.4, -0.2) is 78.4 Å². The number of piperazine rings is 1. The van der Waals surface area contributed by atoms with Crippen molar-refractivity contribution in [3.63, 3.8) is 0 Å². The van der Waals surface area contributed by atoms with Crippen LogP contribution in [0.1, 0.15) is 12.1 Å². The van der Waals surface area contributed by atoms with Crippen LogP contribution in [0.2, 0.25) is 0 Å². The highest BCUT2D eigenvalue weighted by atomic mass is 32.2. The fraction of sp³-hybridized carbons (Fsp3) is 0.625. The van der Waals surface area contributed by atoms with Crippen LogP contribution in [0.25, 0.3) is 0 Å². The molecule has 1 unspecified atom stereocenters. The first-order chi connectivity index (χ1) is 12.0. The van der Waals surface area contributed by atoms with E-state index >= 15 is 0 Å². The molecule has 4 heterocycles. The fourth-order valence-electron chi connectivity index (χ4n) is 4.06. The molecular weight excluding hydrogens is 342 g/mol. The van der Waals surface area contributed by atoms with E-state index in [1.54, 1.807) is 11.1 Å². The summed E-state index contributed by atoms with van der Waals surface area (Å²) in [5.74, 6) is 0.182. The highest BCUT2D eigenvalue weighted by Crippen LogP contribution is 2.28. The number of nitrogens with one attached hydrogen (secondary N) is 2. The van der Waals surface area contributed by atoms with Gasteiger partial charge in [-0.15, -0.1) is 0 Å². The molecule has 0 saturated carbocycles. The van der Waals surface area contributed by atoms with Crippen LogP contribution in [0.4, 0.5) is 0 Å². The molecule has 3 aliphatic rings. The molecule has 3 aliphatic heterocycles. The number of aromatic nitrogens is 1. The normalized spacial score (nSPS) is 31.8. The Morgan fingerprint density at radius 1 is 1.24 bits per heavy atom. The summed E-state index contributed by atoms with van der Waals surface area (Å²) in [5, 5.41) is 0. The topological polar surface area (TPSA) is 94.6 Å². The summed E-state index contributed by atoms with van der Waals surface area (Å²) in [4.78, 5) is 21.1. The van der Waals surface area contributed by atoms with Crippen molar-refractivity contribution in [3.8, 4) is 0 Å². The maximum atomic E-state index is 12.8. The van der Waals surface area contributed by atoms with E-state index in [-0.39, 0.29) is 35.5 Å². The van der Waals surface area contributed by atoms with E-state index in [4.69, 9.17) is 0 Å². The van der Waals surface area contributed by atoms with Crippen molar-refractivity contribution in [2.24, 2.45) is 0 Å². The second-order valence-electron chi connectivity index (χ2n) is 6.95. The third-order valence-electron chi connectivity index (χ3n) is 5.30. The van der Waals surface area contributed by atoms with E-state index in [2.05, 4.69) is 20.7 Å². The van der Waals surface area contributed by atoms with Crippen LogP contribution in [0, 0.1) is 0 Å².